The molecular weight excluding hydrogens is 362 g/mol. The van der Waals surface area contributed by atoms with Crippen LogP contribution in [-0.2, 0) is 20.0 Å². The molecule has 1 rings (SSSR count). The standard InChI is InChI=1S/C13H23N3O4S2.ClH/c1-3-4-9-21(17,18)16-12-5-7-13(8-6-12)22(19,20)15-11(2)10-14;/h5-8,11,15-16H,3-4,9-10,14H2,1-2H3;1H/t11-;/m0./s1. The van der Waals surface area contributed by atoms with Gasteiger partial charge < -0.3 is 5.73 Å². The molecule has 7 nitrogen and oxygen atoms in total. The van der Waals surface area contributed by atoms with Crippen molar-refractivity contribution >= 4 is 38.1 Å². The Labute approximate surface area is 144 Å². The molecule has 0 aliphatic rings. The molecule has 1 atom stereocenters. The van der Waals surface area contributed by atoms with Gasteiger partial charge in [-0.3, -0.25) is 4.72 Å². The first kappa shape index (κ1) is 22.1. The molecule has 0 unspecified atom stereocenters. The Kier molecular flexibility index (Phi) is 9.07. The van der Waals surface area contributed by atoms with Crippen molar-refractivity contribution < 1.29 is 16.8 Å². The lowest BCUT2D eigenvalue weighted by molar-refractivity contribution is 0.562. The first-order valence-corrected chi connectivity index (χ1v) is 10.2. The third-order valence-corrected chi connectivity index (χ3v) is 5.89. The predicted molar refractivity (Wildman–Crippen MR) is 94.8 cm³/mol. The lowest BCUT2D eigenvalue weighted by Gasteiger charge is -2.12. The number of hydrogen-bond donors (Lipinski definition) is 3. The van der Waals surface area contributed by atoms with Crippen LogP contribution in [0.25, 0.3) is 0 Å². The summed E-state index contributed by atoms with van der Waals surface area (Å²) in [5.41, 5.74) is 5.72. The number of anilines is 1. The van der Waals surface area contributed by atoms with Gasteiger partial charge in [-0.25, -0.2) is 21.6 Å². The molecule has 0 heterocycles. The first-order chi connectivity index (χ1) is 10.2. The van der Waals surface area contributed by atoms with Crippen LogP contribution in [0.5, 0.6) is 0 Å². The van der Waals surface area contributed by atoms with Crippen LogP contribution in [0, 0.1) is 0 Å². The van der Waals surface area contributed by atoms with E-state index in [1.807, 2.05) is 6.92 Å². The second-order valence-electron chi connectivity index (χ2n) is 5.06. The number of unbranched alkanes of at least 4 members (excludes halogenated alkanes) is 1. The van der Waals surface area contributed by atoms with Crippen LogP contribution in [0.3, 0.4) is 0 Å². The topological polar surface area (TPSA) is 118 Å². The van der Waals surface area contributed by atoms with Gasteiger partial charge in [-0.1, -0.05) is 13.3 Å². The van der Waals surface area contributed by atoms with Gasteiger partial charge in [0.1, 0.15) is 0 Å². The van der Waals surface area contributed by atoms with Gasteiger partial charge in [0.05, 0.1) is 10.6 Å². The zero-order valence-electron chi connectivity index (χ0n) is 13.2. The van der Waals surface area contributed by atoms with Crippen molar-refractivity contribution in [3.05, 3.63) is 24.3 Å². The number of sulfonamides is 2. The average Bonchev–Trinajstić information content (AvgIpc) is 2.44. The Bertz CT molecular complexity index is 676. The van der Waals surface area contributed by atoms with Crippen LogP contribution in [0.15, 0.2) is 29.2 Å². The molecule has 134 valence electrons. The second-order valence-corrected chi connectivity index (χ2v) is 8.61. The third kappa shape index (κ3) is 7.49. The van der Waals surface area contributed by atoms with E-state index in [0.29, 0.717) is 12.1 Å². The predicted octanol–water partition coefficient (Wildman–Crippen LogP) is 1.28. The molecule has 1 aromatic rings. The van der Waals surface area contributed by atoms with Gasteiger partial charge in [-0.2, -0.15) is 0 Å². The molecule has 4 N–H and O–H groups in total. The van der Waals surface area contributed by atoms with Crippen molar-refractivity contribution in [2.24, 2.45) is 5.73 Å². The number of nitrogens with one attached hydrogen (secondary N) is 2. The number of benzene rings is 1. The summed E-state index contributed by atoms with van der Waals surface area (Å²) < 4.78 is 52.5. The van der Waals surface area contributed by atoms with Crippen molar-refractivity contribution in [3.63, 3.8) is 0 Å². The maximum Gasteiger partial charge on any atom is 0.240 e. The van der Waals surface area contributed by atoms with Gasteiger partial charge >= 0.3 is 0 Å². The van der Waals surface area contributed by atoms with E-state index >= 15 is 0 Å². The van der Waals surface area contributed by atoms with Gasteiger partial charge in [0.2, 0.25) is 20.0 Å². The fourth-order valence-corrected chi connectivity index (χ4v) is 4.17. The molecular formula is C13H24ClN3O4S2. The Balaban J connectivity index is 0.00000484. The van der Waals surface area contributed by atoms with Crippen LogP contribution in [-0.4, -0.2) is 35.2 Å². The van der Waals surface area contributed by atoms with E-state index in [9.17, 15) is 16.8 Å². The van der Waals surface area contributed by atoms with Crippen LogP contribution in [0.1, 0.15) is 26.7 Å². The number of nitrogens with two attached hydrogens (primary N) is 1. The summed E-state index contributed by atoms with van der Waals surface area (Å²) in [6.07, 6.45) is 1.35. The van der Waals surface area contributed by atoms with E-state index in [1.165, 1.54) is 24.3 Å². The average molecular weight is 386 g/mol. The van der Waals surface area contributed by atoms with Gasteiger partial charge in [0, 0.05) is 18.3 Å². The van der Waals surface area contributed by atoms with Gasteiger partial charge in [0.15, 0.2) is 0 Å². The quantitative estimate of drug-likeness (QED) is 0.591. The molecule has 0 bridgehead atoms. The zero-order valence-corrected chi connectivity index (χ0v) is 15.6. The van der Waals surface area contributed by atoms with Crippen molar-refractivity contribution in [3.8, 4) is 0 Å². The number of hydrogen-bond acceptors (Lipinski definition) is 5. The van der Waals surface area contributed by atoms with Gasteiger partial charge in [-0.05, 0) is 37.6 Å². The van der Waals surface area contributed by atoms with Crippen LogP contribution in [0.2, 0.25) is 0 Å². The van der Waals surface area contributed by atoms with Crippen molar-refractivity contribution in [2.45, 2.75) is 37.6 Å². The molecule has 0 aliphatic carbocycles. The lowest BCUT2D eigenvalue weighted by atomic mass is 10.3. The fourth-order valence-electron chi connectivity index (χ4n) is 1.65. The van der Waals surface area contributed by atoms with Crippen molar-refractivity contribution in [1.29, 1.82) is 0 Å². The van der Waals surface area contributed by atoms with Gasteiger partial charge in [-0.15, -0.1) is 12.4 Å². The summed E-state index contributed by atoms with van der Waals surface area (Å²) >= 11 is 0. The molecule has 1 aromatic carbocycles. The fraction of sp³-hybridized carbons (Fsp3) is 0.538. The summed E-state index contributed by atoms with van der Waals surface area (Å²) in [5.74, 6) is 0.0408. The van der Waals surface area contributed by atoms with Crippen LogP contribution < -0.4 is 15.2 Å². The summed E-state index contributed by atoms with van der Waals surface area (Å²) in [6, 6.07) is 5.17. The van der Waals surface area contributed by atoms with E-state index in [0.717, 1.165) is 6.42 Å². The normalized spacial score (nSPS) is 13.2. The highest BCUT2D eigenvalue weighted by atomic mass is 35.5. The molecule has 0 aliphatic heterocycles. The molecule has 10 heteroatoms. The highest BCUT2D eigenvalue weighted by Gasteiger charge is 2.17. The second kappa shape index (κ2) is 9.43. The van der Waals surface area contributed by atoms with Gasteiger partial charge in [0.25, 0.3) is 0 Å². The number of rotatable bonds is 9. The minimum atomic E-state index is -3.65. The molecule has 0 saturated carbocycles. The minimum Gasteiger partial charge on any atom is -0.329 e. The molecule has 0 spiro atoms. The smallest absolute Gasteiger partial charge is 0.240 e. The minimum absolute atomic E-state index is 0. The highest BCUT2D eigenvalue weighted by molar-refractivity contribution is 7.92. The Morgan fingerprint density at radius 2 is 1.70 bits per heavy atom. The Hall–Kier alpha value is -0.870. The van der Waals surface area contributed by atoms with Crippen molar-refractivity contribution in [1.82, 2.24) is 4.72 Å². The monoisotopic (exact) mass is 385 g/mol. The SMILES string of the molecule is CCCCS(=O)(=O)Nc1ccc(S(=O)(=O)N[C@@H](C)CN)cc1.Cl. The van der Waals surface area contributed by atoms with E-state index in [2.05, 4.69) is 9.44 Å². The molecule has 0 saturated heterocycles. The van der Waals surface area contributed by atoms with E-state index in [4.69, 9.17) is 5.73 Å². The zero-order chi connectivity index (χ0) is 16.8. The molecule has 23 heavy (non-hydrogen) atoms. The molecule has 0 radical (unpaired) electrons. The van der Waals surface area contributed by atoms with Crippen LogP contribution in [0.4, 0.5) is 5.69 Å². The molecule has 0 fully saturated rings. The van der Waals surface area contributed by atoms with E-state index < -0.39 is 20.0 Å². The maximum atomic E-state index is 12.0. The first-order valence-electron chi connectivity index (χ1n) is 7.03. The lowest BCUT2D eigenvalue weighted by Crippen LogP contribution is -2.37. The van der Waals surface area contributed by atoms with E-state index in [-0.39, 0.29) is 35.6 Å². The summed E-state index contributed by atoms with van der Waals surface area (Å²) in [6.45, 7) is 3.76. The summed E-state index contributed by atoms with van der Waals surface area (Å²) in [5, 5.41) is 0. The maximum absolute atomic E-state index is 12.0. The highest BCUT2D eigenvalue weighted by Crippen LogP contribution is 2.16. The largest absolute Gasteiger partial charge is 0.329 e. The van der Waals surface area contributed by atoms with Crippen molar-refractivity contribution in [2.75, 3.05) is 17.0 Å². The number of halogens is 1. The summed E-state index contributed by atoms with van der Waals surface area (Å²) in [7, 11) is -7.05. The van der Waals surface area contributed by atoms with Crippen LogP contribution >= 0.6 is 12.4 Å². The Morgan fingerprint density at radius 1 is 1.13 bits per heavy atom. The Morgan fingerprint density at radius 3 is 2.17 bits per heavy atom. The van der Waals surface area contributed by atoms with E-state index in [1.54, 1.807) is 6.92 Å². The summed E-state index contributed by atoms with van der Waals surface area (Å²) in [4.78, 5) is 0.0595. The molecule has 0 aromatic heterocycles. The third-order valence-electron chi connectivity index (χ3n) is 2.91. The molecule has 0 amide bonds.